The molecule has 0 radical (unpaired) electrons. The van der Waals surface area contributed by atoms with Crippen molar-refractivity contribution in [2.75, 3.05) is 59.5 Å². The van der Waals surface area contributed by atoms with Gasteiger partial charge in [-0.15, -0.1) is 0 Å². The Balaban J connectivity index is 1.15. The van der Waals surface area contributed by atoms with E-state index < -0.39 is 48.3 Å². The van der Waals surface area contributed by atoms with Gasteiger partial charge in [-0.1, -0.05) is 13.0 Å². The third-order valence-corrected chi connectivity index (χ3v) is 13.4. The molecular formula is C34H48N3O12PS. The van der Waals surface area contributed by atoms with Crippen LogP contribution in [0.25, 0.3) is 0 Å². The Hall–Kier alpha value is -2.79. The number of hydrogen-bond donors (Lipinski definition) is 2. The number of aliphatic hydroxyl groups excluding tert-OH is 1. The van der Waals surface area contributed by atoms with Crippen LogP contribution < -0.4 is 14.8 Å². The second-order valence-corrected chi connectivity index (χ2v) is 17.1. The molecule has 6 atom stereocenters. The molecule has 2 N–H and O–H groups in total. The summed E-state index contributed by atoms with van der Waals surface area (Å²) in [5.41, 5.74) is 2.63. The van der Waals surface area contributed by atoms with E-state index in [9.17, 15) is 22.9 Å². The molecule has 0 aliphatic carbocycles. The molecule has 15 nitrogen and oxygen atoms in total. The number of β-amino-alcohol motifs (C(OH)–C–C–N with tert-alkyl or cyclic N) is 1. The van der Waals surface area contributed by atoms with Gasteiger partial charge in [-0.25, -0.2) is 13.2 Å². The van der Waals surface area contributed by atoms with Crippen LogP contribution in [0.3, 0.4) is 0 Å². The molecule has 1 unspecified atom stereocenters. The first-order valence-electron chi connectivity index (χ1n) is 17.3. The maximum absolute atomic E-state index is 13.8. The number of rotatable bonds is 15. The van der Waals surface area contributed by atoms with Crippen molar-refractivity contribution < 1.29 is 55.6 Å². The van der Waals surface area contributed by atoms with Gasteiger partial charge in [0.05, 0.1) is 56.5 Å². The van der Waals surface area contributed by atoms with E-state index >= 15 is 0 Å². The van der Waals surface area contributed by atoms with Gasteiger partial charge in [0.1, 0.15) is 17.6 Å². The number of benzene rings is 2. The van der Waals surface area contributed by atoms with E-state index in [1.165, 1.54) is 17.5 Å². The van der Waals surface area contributed by atoms with Crippen LogP contribution in [0, 0.1) is 5.92 Å². The summed E-state index contributed by atoms with van der Waals surface area (Å²) in [6.45, 7) is 7.66. The van der Waals surface area contributed by atoms with Crippen LogP contribution in [-0.2, 0) is 50.9 Å². The number of alkyl carbamates (subject to hydrolysis) is 1. The van der Waals surface area contributed by atoms with Crippen LogP contribution in [0.4, 0.5) is 4.79 Å². The Morgan fingerprint density at radius 3 is 2.55 bits per heavy atom. The van der Waals surface area contributed by atoms with Crippen molar-refractivity contribution in [1.29, 1.82) is 0 Å². The van der Waals surface area contributed by atoms with Crippen molar-refractivity contribution in [1.82, 2.24) is 14.5 Å². The Kier molecular flexibility index (Phi) is 12.0. The molecule has 51 heavy (non-hydrogen) atoms. The first-order valence-corrected chi connectivity index (χ1v) is 20.5. The summed E-state index contributed by atoms with van der Waals surface area (Å²) in [6, 6.07) is 9.53. The first-order chi connectivity index (χ1) is 24.4. The molecule has 6 rings (SSSR count). The Labute approximate surface area is 299 Å². The molecule has 0 aromatic heterocycles. The van der Waals surface area contributed by atoms with E-state index in [1.807, 2.05) is 24.0 Å². The Bertz CT molecular complexity index is 1700. The molecule has 0 bridgehead atoms. The predicted molar refractivity (Wildman–Crippen MR) is 184 cm³/mol. The zero-order chi connectivity index (χ0) is 36.3. The van der Waals surface area contributed by atoms with Crippen molar-refractivity contribution in [3.05, 3.63) is 53.1 Å². The van der Waals surface area contributed by atoms with E-state index in [-0.39, 0.29) is 62.5 Å². The number of sulfonamides is 1. The number of carbonyl (C=O) groups excluding carboxylic acids is 1. The lowest BCUT2D eigenvalue weighted by Crippen LogP contribution is -2.55. The highest BCUT2D eigenvalue weighted by molar-refractivity contribution is 7.89. The van der Waals surface area contributed by atoms with Gasteiger partial charge < -0.3 is 43.2 Å². The Morgan fingerprint density at radius 1 is 1.06 bits per heavy atom. The third kappa shape index (κ3) is 8.55. The van der Waals surface area contributed by atoms with E-state index in [4.69, 9.17) is 32.7 Å². The van der Waals surface area contributed by atoms with Crippen molar-refractivity contribution in [3.8, 4) is 11.5 Å². The molecule has 2 aromatic carbocycles. The summed E-state index contributed by atoms with van der Waals surface area (Å²) in [5.74, 6) is 0.838. The zero-order valence-electron chi connectivity index (χ0n) is 29.4. The fraction of sp³-hybridized carbons (Fsp3) is 0.618. The third-order valence-electron chi connectivity index (χ3n) is 9.71. The molecule has 4 heterocycles. The van der Waals surface area contributed by atoms with Gasteiger partial charge in [0, 0.05) is 32.7 Å². The average Bonchev–Trinajstić information content (AvgIpc) is 3.83. The van der Waals surface area contributed by atoms with Gasteiger partial charge >= 0.3 is 13.7 Å². The van der Waals surface area contributed by atoms with E-state index in [0.717, 1.165) is 11.1 Å². The van der Waals surface area contributed by atoms with Gasteiger partial charge in [0.2, 0.25) is 10.0 Å². The number of carbonyl (C=O) groups is 1. The van der Waals surface area contributed by atoms with Gasteiger partial charge in [-0.05, 0) is 73.2 Å². The lowest BCUT2D eigenvalue weighted by atomic mass is 10.00. The standard InChI is InChI=1S/C34H48N3O12PS/c1-5-47-50(40,48-6-2)21-46-26-8-7-23-16-36(17-24(23)13-26)18-29(35-34(39)49-31-20-45-33-27(31)11-12-44-33)30(38)19-37-15-22(3)28-14-25(43-4)9-10-32(28)51(37,41)42/h7-10,13-14,22,27,29-31,33,38H,5-6,11-12,15-21H2,1-4H3,(H,35,39)/t22?,27-,29-,30+,31-,33+/m0/s1. The topological polar surface area (TPSA) is 172 Å². The summed E-state index contributed by atoms with van der Waals surface area (Å²) >= 11 is 0. The normalized spacial score (nSPS) is 25.4. The van der Waals surface area contributed by atoms with E-state index in [1.54, 1.807) is 32.0 Å². The second kappa shape index (κ2) is 16.1. The number of hydrogen-bond acceptors (Lipinski definition) is 13. The quantitative estimate of drug-likeness (QED) is 0.253. The number of ether oxygens (including phenoxy) is 5. The van der Waals surface area contributed by atoms with Gasteiger partial charge in [0.15, 0.2) is 12.6 Å². The van der Waals surface area contributed by atoms with Gasteiger partial charge in [-0.2, -0.15) is 4.31 Å². The maximum atomic E-state index is 13.8. The highest BCUT2D eigenvalue weighted by Gasteiger charge is 2.44. The highest BCUT2D eigenvalue weighted by atomic mass is 32.2. The molecule has 4 aliphatic rings. The molecule has 282 valence electrons. The van der Waals surface area contributed by atoms with Crippen molar-refractivity contribution >= 4 is 23.7 Å². The molecule has 2 fully saturated rings. The molecule has 0 spiro atoms. The summed E-state index contributed by atoms with van der Waals surface area (Å²) in [6.07, 6.45) is -2.43. The lowest BCUT2D eigenvalue weighted by molar-refractivity contribution is -0.0907. The van der Waals surface area contributed by atoms with Gasteiger partial charge in [0.25, 0.3) is 0 Å². The molecule has 0 saturated carbocycles. The fourth-order valence-electron chi connectivity index (χ4n) is 7.15. The first kappa shape index (κ1) is 38.0. The number of amides is 1. The number of methoxy groups -OCH3 is 1. The average molecular weight is 754 g/mol. The Morgan fingerprint density at radius 2 is 1.80 bits per heavy atom. The van der Waals surface area contributed by atoms with E-state index in [0.29, 0.717) is 43.2 Å². The van der Waals surface area contributed by atoms with Crippen molar-refractivity contribution in [3.63, 3.8) is 0 Å². The minimum absolute atomic E-state index is 0.0710. The van der Waals surface area contributed by atoms with Crippen molar-refractivity contribution in [2.45, 2.75) is 75.6 Å². The summed E-state index contributed by atoms with van der Waals surface area (Å²) in [5, 5.41) is 14.5. The lowest BCUT2D eigenvalue weighted by Gasteiger charge is -2.36. The van der Waals surface area contributed by atoms with Gasteiger partial charge in [-0.3, -0.25) is 9.46 Å². The van der Waals surface area contributed by atoms with Crippen LogP contribution in [0.2, 0.25) is 0 Å². The minimum Gasteiger partial charge on any atom is -0.497 e. The summed E-state index contributed by atoms with van der Waals surface area (Å²) < 4.78 is 80.4. The molecule has 2 aromatic rings. The number of nitrogens with zero attached hydrogens (tertiary/aromatic N) is 2. The van der Waals surface area contributed by atoms with Crippen molar-refractivity contribution in [2.24, 2.45) is 5.92 Å². The van der Waals surface area contributed by atoms with Crippen LogP contribution >= 0.6 is 7.60 Å². The summed E-state index contributed by atoms with van der Waals surface area (Å²) in [4.78, 5) is 15.5. The monoisotopic (exact) mass is 753 g/mol. The molecular weight excluding hydrogens is 705 g/mol. The summed E-state index contributed by atoms with van der Waals surface area (Å²) in [7, 11) is -5.83. The minimum atomic E-state index is -3.95. The molecule has 2 saturated heterocycles. The second-order valence-electron chi connectivity index (χ2n) is 13.2. The molecule has 4 aliphatic heterocycles. The van der Waals surface area contributed by atoms with Crippen LogP contribution in [-0.4, -0.2) is 113 Å². The smallest absolute Gasteiger partial charge is 0.407 e. The SMILES string of the molecule is CCOP(=O)(COc1ccc2c(c1)CN(C[C@H](NC(=O)O[C@H]1CO[C@H]3OCC[C@H]31)[C@H](O)CN1CC(C)c3cc(OC)ccc3S1(=O)=O)C2)OCC. The fourth-order valence-corrected chi connectivity index (χ4v) is 10.3. The molecule has 1 amide bonds. The van der Waals surface area contributed by atoms with Crippen LogP contribution in [0.5, 0.6) is 11.5 Å². The number of aliphatic hydroxyl groups is 1. The predicted octanol–water partition coefficient (Wildman–Crippen LogP) is 3.64. The highest BCUT2D eigenvalue weighted by Crippen LogP contribution is 2.48. The maximum Gasteiger partial charge on any atom is 0.407 e. The van der Waals surface area contributed by atoms with E-state index in [2.05, 4.69) is 5.32 Å². The van der Waals surface area contributed by atoms with Crippen LogP contribution in [0.1, 0.15) is 49.8 Å². The number of fused-ring (bicyclic) bond motifs is 3. The van der Waals surface area contributed by atoms with Crippen LogP contribution in [0.15, 0.2) is 41.3 Å². The number of nitrogens with one attached hydrogen (secondary N) is 1. The molecule has 17 heteroatoms. The largest absolute Gasteiger partial charge is 0.497 e. The zero-order valence-corrected chi connectivity index (χ0v) is 31.1.